The van der Waals surface area contributed by atoms with Crippen LogP contribution in [0.2, 0.25) is 0 Å². The monoisotopic (exact) mass is 325 g/mol. The van der Waals surface area contributed by atoms with Crippen molar-refractivity contribution in [1.82, 2.24) is 4.98 Å². The van der Waals surface area contributed by atoms with Gasteiger partial charge < -0.3 is 10.2 Å². The number of nitrogen functional groups attached to an aromatic ring is 1. The molecule has 0 fully saturated rings. The van der Waals surface area contributed by atoms with Crippen LogP contribution in [-0.4, -0.2) is 30.7 Å². The van der Waals surface area contributed by atoms with Crippen LogP contribution in [-0.2, 0) is 9.84 Å². The van der Waals surface area contributed by atoms with Gasteiger partial charge in [0.1, 0.15) is 12.1 Å². The molecule has 21 heavy (non-hydrogen) atoms. The molecule has 0 aliphatic heterocycles. The minimum absolute atomic E-state index is 0.0412. The quantitative estimate of drug-likeness (QED) is 0.476. The van der Waals surface area contributed by atoms with E-state index in [1.165, 1.54) is 30.2 Å². The van der Waals surface area contributed by atoms with E-state index in [4.69, 9.17) is 15.6 Å². The molecular weight excluding hydrogens is 310 g/mol. The Balaban J connectivity index is 2.04. The second-order valence-corrected chi connectivity index (χ2v) is 7.52. The van der Waals surface area contributed by atoms with E-state index in [2.05, 4.69) is 4.98 Å². The van der Waals surface area contributed by atoms with Crippen LogP contribution in [0.3, 0.4) is 0 Å². The average molecular weight is 325 g/mol. The third-order valence-electron chi connectivity index (χ3n) is 2.68. The third-order valence-corrected chi connectivity index (χ3v) is 5.49. The van der Waals surface area contributed by atoms with Gasteiger partial charge in [0.25, 0.3) is 5.22 Å². The van der Waals surface area contributed by atoms with Crippen LogP contribution in [0.4, 0.5) is 0 Å². The molecule has 0 atom stereocenters. The molecule has 3 N–H and O–H groups in total. The van der Waals surface area contributed by atoms with Crippen LogP contribution < -0.4 is 5.73 Å². The molecule has 0 radical (unpaired) electrons. The maximum atomic E-state index is 12.2. The summed E-state index contributed by atoms with van der Waals surface area (Å²) in [6.45, 7) is 1.80. The molecule has 1 aromatic heterocycles. The zero-order valence-corrected chi connectivity index (χ0v) is 13.0. The SMILES string of the molecule is Cc1coc(SCCS(=O)(=O)c2cccc(C(=N)N)c2)n1. The number of sulfone groups is 1. The van der Waals surface area contributed by atoms with Crippen molar-refractivity contribution < 1.29 is 12.8 Å². The van der Waals surface area contributed by atoms with E-state index in [0.717, 1.165) is 5.69 Å². The van der Waals surface area contributed by atoms with Gasteiger partial charge in [-0.05, 0) is 19.1 Å². The average Bonchev–Trinajstić information content (AvgIpc) is 2.84. The van der Waals surface area contributed by atoms with Crippen molar-refractivity contribution in [2.75, 3.05) is 11.5 Å². The van der Waals surface area contributed by atoms with Gasteiger partial charge in [0, 0.05) is 11.3 Å². The number of aryl methyl sites for hydroxylation is 1. The lowest BCUT2D eigenvalue weighted by Gasteiger charge is -2.05. The highest BCUT2D eigenvalue weighted by molar-refractivity contribution is 8.00. The summed E-state index contributed by atoms with van der Waals surface area (Å²) in [5.41, 5.74) is 6.52. The van der Waals surface area contributed by atoms with Gasteiger partial charge in [-0.3, -0.25) is 5.41 Å². The number of amidine groups is 1. The van der Waals surface area contributed by atoms with Crippen LogP contribution in [0.1, 0.15) is 11.3 Å². The molecule has 0 bridgehead atoms. The molecule has 0 amide bonds. The summed E-state index contributed by atoms with van der Waals surface area (Å²) in [6, 6.07) is 6.10. The van der Waals surface area contributed by atoms with Crippen molar-refractivity contribution in [3.05, 3.63) is 41.8 Å². The zero-order valence-electron chi connectivity index (χ0n) is 11.4. The Morgan fingerprint density at radius 1 is 1.48 bits per heavy atom. The Bertz CT molecular complexity index is 754. The topological polar surface area (TPSA) is 110 Å². The maximum Gasteiger partial charge on any atom is 0.255 e. The van der Waals surface area contributed by atoms with Gasteiger partial charge in [-0.2, -0.15) is 0 Å². The lowest BCUT2D eigenvalue weighted by molar-refractivity contribution is 0.454. The van der Waals surface area contributed by atoms with Gasteiger partial charge in [0.2, 0.25) is 0 Å². The highest BCUT2D eigenvalue weighted by atomic mass is 32.2. The molecule has 2 aromatic rings. The number of benzene rings is 1. The van der Waals surface area contributed by atoms with Crippen LogP contribution in [0.15, 0.2) is 45.1 Å². The van der Waals surface area contributed by atoms with Crippen molar-refractivity contribution >= 4 is 27.4 Å². The third kappa shape index (κ3) is 4.08. The summed E-state index contributed by atoms with van der Waals surface area (Å²) in [6.07, 6.45) is 1.52. The summed E-state index contributed by atoms with van der Waals surface area (Å²) in [4.78, 5) is 4.26. The normalized spacial score (nSPS) is 11.5. The Kier molecular flexibility index (Phi) is 4.69. The minimum Gasteiger partial charge on any atom is -0.440 e. The first-order chi connectivity index (χ1) is 9.88. The lowest BCUT2D eigenvalue weighted by atomic mass is 10.2. The fourth-order valence-electron chi connectivity index (χ4n) is 1.61. The number of hydrogen-bond donors (Lipinski definition) is 2. The molecule has 0 saturated carbocycles. The molecule has 1 aromatic carbocycles. The predicted molar refractivity (Wildman–Crippen MR) is 81.5 cm³/mol. The summed E-state index contributed by atoms with van der Waals surface area (Å²) in [5, 5.41) is 7.81. The molecule has 1 heterocycles. The van der Waals surface area contributed by atoms with Gasteiger partial charge in [-0.25, -0.2) is 13.4 Å². The maximum absolute atomic E-state index is 12.2. The van der Waals surface area contributed by atoms with E-state index in [-0.39, 0.29) is 16.5 Å². The van der Waals surface area contributed by atoms with Crippen molar-refractivity contribution in [2.24, 2.45) is 5.73 Å². The van der Waals surface area contributed by atoms with E-state index < -0.39 is 9.84 Å². The predicted octanol–water partition coefficient (Wildman–Crippen LogP) is 1.83. The minimum atomic E-state index is -3.42. The Morgan fingerprint density at radius 3 is 2.86 bits per heavy atom. The molecule has 112 valence electrons. The summed E-state index contributed by atoms with van der Waals surface area (Å²) < 4.78 is 29.6. The van der Waals surface area contributed by atoms with Crippen molar-refractivity contribution in [1.29, 1.82) is 5.41 Å². The Labute approximate surface area is 127 Å². The number of oxazole rings is 1. The van der Waals surface area contributed by atoms with E-state index in [1.807, 2.05) is 0 Å². The number of rotatable bonds is 6. The largest absolute Gasteiger partial charge is 0.440 e. The first-order valence-electron chi connectivity index (χ1n) is 6.10. The molecule has 0 unspecified atom stereocenters. The number of aromatic nitrogens is 1. The van der Waals surface area contributed by atoms with Crippen molar-refractivity contribution in [3.63, 3.8) is 0 Å². The smallest absolute Gasteiger partial charge is 0.255 e. The molecule has 0 spiro atoms. The van der Waals surface area contributed by atoms with Gasteiger partial charge in [0.15, 0.2) is 9.84 Å². The van der Waals surface area contributed by atoms with Gasteiger partial charge in [0.05, 0.1) is 16.3 Å². The van der Waals surface area contributed by atoms with Crippen LogP contribution >= 0.6 is 11.8 Å². The van der Waals surface area contributed by atoms with E-state index in [0.29, 0.717) is 16.5 Å². The fourth-order valence-corrected chi connectivity index (χ4v) is 4.15. The van der Waals surface area contributed by atoms with E-state index in [9.17, 15) is 8.42 Å². The zero-order chi connectivity index (χ0) is 15.5. The second kappa shape index (κ2) is 6.31. The summed E-state index contributed by atoms with van der Waals surface area (Å²) in [7, 11) is -3.42. The van der Waals surface area contributed by atoms with Crippen molar-refractivity contribution in [2.45, 2.75) is 17.0 Å². The molecule has 6 nitrogen and oxygen atoms in total. The fraction of sp³-hybridized carbons (Fsp3) is 0.231. The molecule has 0 aliphatic rings. The van der Waals surface area contributed by atoms with E-state index in [1.54, 1.807) is 19.1 Å². The first-order valence-corrected chi connectivity index (χ1v) is 8.74. The second-order valence-electron chi connectivity index (χ2n) is 4.36. The first kappa shape index (κ1) is 15.6. The molecule has 0 aliphatic carbocycles. The Hall–Kier alpha value is -1.80. The highest BCUT2D eigenvalue weighted by Crippen LogP contribution is 2.19. The summed E-state index contributed by atoms with van der Waals surface area (Å²) in [5.74, 6) is 0.143. The van der Waals surface area contributed by atoms with Gasteiger partial charge in [-0.1, -0.05) is 23.9 Å². The summed E-state index contributed by atoms with van der Waals surface area (Å²) >= 11 is 1.25. The van der Waals surface area contributed by atoms with Crippen LogP contribution in [0.25, 0.3) is 0 Å². The molecule has 8 heteroatoms. The highest BCUT2D eigenvalue weighted by Gasteiger charge is 2.16. The van der Waals surface area contributed by atoms with E-state index >= 15 is 0 Å². The molecule has 2 rings (SSSR count). The van der Waals surface area contributed by atoms with Crippen LogP contribution in [0, 0.1) is 12.3 Å². The standard InChI is InChI=1S/C13H15N3O3S2/c1-9-8-19-13(16-9)20-5-6-21(17,18)11-4-2-3-10(7-11)12(14)15/h2-4,7-8H,5-6H2,1H3,(H3,14,15). The number of nitrogens with zero attached hydrogens (tertiary/aromatic N) is 1. The number of nitrogens with two attached hydrogens (primary N) is 1. The molecule has 0 saturated heterocycles. The number of thioether (sulfide) groups is 1. The number of hydrogen-bond acceptors (Lipinski definition) is 6. The lowest BCUT2D eigenvalue weighted by Crippen LogP contribution is -2.13. The van der Waals surface area contributed by atoms with Gasteiger partial charge in [-0.15, -0.1) is 0 Å². The van der Waals surface area contributed by atoms with Crippen LogP contribution in [0.5, 0.6) is 0 Å². The van der Waals surface area contributed by atoms with Gasteiger partial charge >= 0.3 is 0 Å². The number of nitrogens with one attached hydrogen (secondary N) is 1. The molecular formula is C13H15N3O3S2. The Morgan fingerprint density at radius 2 is 2.24 bits per heavy atom. The van der Waals surface area contributed by atoms with Crippen molar-refractivity contribution in [3.8, 4) is 0 Å².